The van der Waals surface area contributed by atoms with E-state index in [0.717, 1.165) is 38.8 Å². The minimum absolute atomic E-state index is 0.0712. The summed E-state index contributed by atoms with van der Waals surface area (Å²) in [6, 6.07) is 0. The highest BCUT2D eigenvalue weighted by atomic mass is 16.5. The summed E-state index contributed by atoms with van der Waals surface area (Å²) < 4.78 is 5.11. The van der Waals surface area contributed by atoms with Gasteiger partial charge in [-0.15, -0.1) is 0 Å². The lowest BCUT2D eigenvalue weighted by Crippen LogP contribution is -2.59. The van der Waals surface area contributed by atoms with E-state index in [0.29, 0.717) is 11.3 Å². The van der Waals surface area contributed by atoms with Gasteiger partial charge in [0.1, 0.15) is 0 Å². The maximum atomic E-state index is 12.2. The maximum Gasteiger partial charge on any atom is 0.312 e. The zero-order valence-electron chi connectivity index (χ0n) is 10.8. The van der Waals surface area contributed by atoms with Gasteiger partial charge in [0.2, 0.25) is 0 Å². The van der Waals surface area contributed by atoms with E-state index in [2.05, 4.69) is 5.32 Å². The molecule has 96 valence electrons. The fourth-order valence-corrected chi connectivity index (χ4v) is 4.49. The number of methoxy groups -OCH3 is 1. The monoisotopic (exact) mass is 237 g/mol. The van der Waals surface area contributed by atoms with Crippen LogP contribution in [0.1, 0.15) is 44.9 Å². The fourth-order valence-electron chi connectivity index (χ4n) is 4.49. The largest absolute Gasteiger partial charge is 0.469 e. The number of carbonyl (C=O) groups is 1. The molecule has 3 aliphatic rings. The summed E-state index contributed by atoms with van der Waals surface area (Å²) in [6.07, 6.45) is 8.56. The Morgan fingerprint density at radius 3 is 2.35 bits per heavy atom. The summed E-state index contributed by atoms with van der Waals surface area (Å²) in [5, 5.41) is 3.39. The van der Waals surface area contributed by atoms with Crippen molar-refractivity contribution in [2.24, 2.45) is 16.7 Å². The Morgan fingerprint density at radius 1 is 1.24 bits per heavy atom. The van der Waals surface area contributed by atoms with Crippen LogP contribution in [0.5, 0.6) is 0 Å². The Bertz CT molecular complexity index is 308. The van der Waals surface area contributed by atoms with Gasteiger partial charge in [-0.3, -0.25) is 4.79 Å². The molecule has 3 rings (SSSR count). The van der Waals surface area contributed by atoms with Gasteiger partial charge in [-0.25, -0.2) is 0 Å². The first kappa shape index (κ1) is 11.5. The molecule has 1 saturated heterocycles. The van der Waals surface area contributed by atoms with E-state index in [4.69, 9.17) is 4.74 Å². The third-order valence-corrected chi connectivity index (χ3v) is 5.51. The second kappa shape index (κ2) is 3.98. The summed E-state index contributed by atoms with van der Waals surface area (Å²) in [6.45, 7) is 2.13. The van der Waals surface area contributed by atoms with Crippen LogP contribution in [-0.2, 0) is 9.53 Å². The van der Waals surface area contributed by atoms with E-state index >= 15 is 0 Å². The van der Waals surface area contributed by atoms with Crippen LogP contribution in [-0.4, -0.2) is 26.2 Å². The van der Waals surface area contributed by atoms with Crippen molar-refractivity contribution in [2.75, 3.05) is 20.2 Å². The van der Waals surface area contributed by atoms with Crippen LogP contribution >= 0.6 is 0 Å². The van der Waals surface area contributed by atoms with Crippen molar-refractivity contribution in [3.8, 4) is 0 Å². The molecule has 1 spiro atoms. The molecule has 2 saturated carbocycles. The average Bonchev–Trinajstić information content (AvgIpc) is 2.27. The minimum Gasteiger partial charge on any atom is -0.469 e. The van der Waals surface area contributed by atoms with Gasteiger partial charge in [0, 0.05) is 0 Å². The first-order chi connectivity index (χ1) is 8.21. The van der Waals surface area contributed by atoms with Crippen molar-refractivity contribution in [1.82, 2.24) is 5.32 Å². The van der Waals surface area contributed by atoms with Crippen molar-refractivity contribution in [2.45, 2.75) is 44.9 Å². The lowest BCUT2D eigenvalue weighted by Gasteiger charge is -2.62. The molecule has 1 heterocycles. The summed E-state index contributed by atoms with van der Waals surface area (Å²) in [5.74, 6) is 0.629. The van der Waals surface area contributed by atoms with Gasteiger partial charge in [-0.2, -0.15) is 0 Å². The molecule has 3 fully saturated rings. The quantitative estimate of drug-likeness (QED) is 0.748. The molecule has 1 aliphatic heterocycles. The number of hydrogen-bond acceptors (Lipinski definition) is 3. The Kier molecular flexibility index (Phi) is 2.69. The molecule has 0 aromatic rings. The highest BCUT2D eigenvalue weighted by molar-refractivity contribution is 5.79. The van der Waals surface area contributed by atoms with Gasteiger partial charge in [0.15, 0.2) is 0 Å². The molecule has 17 heavy (non-hydrogen) atoms. The molecule has 1 N–H and O–H groups in total. The van der Waals surface area contributed by atoms with E-state index in [1.807, 2.05) is 0 Å². The molecule has 0 unspecified atom stereocenters. The molecular formula is C14H23NO2. The van der Waals surface area contributed by atoms with Gasteiger partial charge in [-0.05, 0) is 62.9 Å². The molecule has 3 heteroatoms. The topological polar surface area (TPSA) is 38.3 Å². The molecule has 3 nitrogen and oxygen atoms in total. The number of piperidine rings is 1. The van der Waals surface area contributed by atoms with Gasteiger partial charge < -0.3 is 10.1 Å². The Hall–Kier alpha value is -0.570. The van der Waals surface area contributed by atoms with E-state index in [-0.39, 0.29) is 11.4 Å². The Labute approximate surface area is 103 Å². The van der Waals surface area contributed by atoms with Crippen LogP contribution in [0.15, 0.2) is 0 Å². The van der Waals surface area contributed by atoms with E-state index in [1.165, 1.54) is 19.3 Å². The highest BCUT2D eigenvalue weighted by Gasteiger charge is 2.63. The van der Waals surface area contributed by atoms with Crippen molar-refractivity contribution in [3.05, 3.63) is 0 Å². The second-order valence-electron chi connectivity index (χ2n) is 6.38. The van der Waals surface area contributed by atoms with Crippen LogP contribution in [0.4, 0.5) is 0 Å². The number of ether oxygens (including phenoxy) is 1. The van der Waals surface area contributed by atoms with E-state index in [9.17, 15) is 4.79 Å². The first-order valence-electron chi connectivity index (χ1n) is 7.00. The predicted molar refractivity (Wildman–Crippen MR) is 65.6 cm³/mol. The molecule has 0 radical (unpaired) electrons. The zero-order valence-corrected chi connectivity index (χ0v) is 10.8. The van der Waals surface area contributed by atoms with Crippen LogP contribution in [0.25, 0.3) is 0 Å². The summed E-state index contributed by atoms with van der Waals surface area (Å²) in [4.78, 5) is 12.2. The molecular weight excluding hydrogens is 214 g/mol. The van der Waals surface area contributed by atoms with Gasteiger partial charge in [0.05, 0.1) is 12.5 Å². The number of hydrogen-bond donors (Lipinski definition) is 1. The van der Waals surface area contributed by atoms with Gasteiger partial charge in [0.25, 0.3) is 0 Å². The van der Waals surface area contributed by atoms with Crippen molar-refractivity contribution >= 4 is 5.97 Å². The summed E-state index contributed by atoms with van der Waals surface area (Å²) in [7, 11) is 1.55. The molecule has 0 aromatic heterocycles. The number of carbonyl (C=O) groups excluding carboxylic acids is 1. The predicted octanol–water partition coefficient (Wildman–Crippen LogP) is 2.11. The third kappa shape index (κ3) is 1.62. The lowest BCUT2D eigenvalue weighted by atomic mass is 9.41. The lowest BCUT2D eigenvalue weighted by molar-refractivity contribution is -0.191. The van der Waals surface area contributed by atoms with Crippen LogP contribution in [0.2, 0.25) is 0 Å². The van der Waals surface area contributed by atoms with Crippen LogP contribution < -0.4 is 5.32 Å². The molecule has 2 aliphatic carbocycles. The minimum atomic E-state index is -0.114. The molecule has 0 aromatic carbocycles. The van der Waals surface area contributed by atoms with Gasteiger partial charge >= 0.3 is 5.97 Å². The third-order valence-electron chi connectivity index (χ3n) is 5.51. The van der Waals surface area contributed by atoms with E-state index < -0.39 is 0 Å². The maximum absolute atomic E-state index is 12.2. The standard InChI is InChI=1S/C14H23NO2/c1-17-12(16)14(11-3-7-15-8-4-11)9-13(10-14)5-2-6-13/h11,15H,2-10H2,1H3. The van der Waals surface area contributed by atoms with Crippen molar-refractivity contribution in [1.29, 1.82) is 0 Å². The zero-order chi connectivity index (χ0) is 11.9. The van der Waals surface area contributed by atoms with Gasteiger partial charge in [-0.1, -0.05) is 6.42 Å². The first-order valence-corrected chi connectivity index (χ1v) is 7.00. The second-order valence-corrected chi connectivity index (χ2v) is 6.38. The SMILES string of the molecule is COC(=O)C1(C2CCNCC2)CC2(CCC2)C1. The van der Waals surface area contributed by atoms with Crippen molar-refractivity contribution in [3.63, 3.8) is 0 Å². The molecule has 0 amide bonds. The summed E-state index contributed by atoms with van der Waals surface area (Å²) >= 11 is 0. The van der Waals surface area contributed by atoms with Crippen LogP contribution in [0.3, 0.4) is 0 Å². The smallest absolute Gasteiger partial charge is 0.312 e. The fraction of sp³-hybridized carbons (Fsp3) is 0.929. The average molecular weight is 237 g/mol. The highest BCUT2D eigenvalue weighted by Crippen LogP contribution is 2.68. The number of rotatable bonds is 2. The molecule has 0 bridgehead atoms. The van der Waals surface area contributed by atoms with Crippen molar-refractivity contribution < 1.29 is 9.53 Å². The number of nitrogens with one attached hydrogen (secondary N) is 1. The van der Waals surface area contributed by atoms with Crippen LogP contribution in [0, 0.1) is 16.7 Å². The molecule has 0 atom stereocenters. The Morgan fingerprint density at radius 2 is 1.88 bits per heavy atom. The normalized spacial score (nSPS) is 30.4. The Balaban J connectivity index is 1.75. The number of esters is 1. The van der Waals surface area contributed by atoms with E-state index in [1.54, 1.807) is 7.11 Å². The summed E-state index contributed by atoms with van der Waals surface area (Å²) in [5.41, 5.74) is 0.427.